The first-order valence-corrected chi connectivity index (χ1v) is 9.55. The quantitative estimate of drug-likeness (QED) is 0.642. The molecule has 1 saturated heterocycles. The summed E-state index contributed by atoms with van der Waals surface area (Å²) in [5, 5.41) is 8.53. The van der Waals surface area contributed by atoms with Gasteiger partial charge in [-0.2, -0.15) is 13.2 Å². The van der Waals surface area contributed by atoms with E-state index in [9.17, 15) is 18.0 Å². The van der Waals surface area contributed by atoms with Gasteiger partial charge in [-0.25, -0.2) is 4.98 Å². The molecule has 5 rings (SSSR count). The lowest BCUT2D eigenvalue weighted by Crippen LogP contribution is -2.44. The van der Waals surface area contributed by atoms with E-state index in [1.54, 1.807) is 23.5 Å². The van der Waals surface area contributed by atoms with Crippen LogP contribution in [0.25, 0.3) is 11.5 Å². The summed E-state index contributed by atoms with van der Waals surface area (Å²) >= 11 is 0. The third-order valence-electron chi connectivity index (χ3n) is 5.87. The number of nitrogens with zero attached hydrogens (tertiary/aromatic N) is 6. The van der Waals surface area contributed by atoms with Crippen molar-refractivity contribution in [2.45, 2.75) is 44.6 Å². The van der Waals surface area contributed by atoms with E-state index in [-0.39, 0.29) is 23.2 Å². The number of amides is 1. The molecule has 0 radical (unpaired) electrons. The maximum absolute atomic E-state index is 13.3. The second-order valence-electron chi connectivity index (χ2n) is 7.52. The van der Waals surface area contributed by atoms with E-state index in [2.05, 4.69) is 20.2 Å². The molecule has 0 spiro atoms. The molecule has 10 heteroatoms. The van der Waals surface area contributed by atoms with Crippen molar-refractivity contribution in [1.82, 2.24) is 29.6 Å². The molecule has 2 atom stereocenters. The van der Waals surface area contributed by atoms with Gasteiger partial charge in [0.05, 0.1) is 23.8 Å². The fourth-order valence-corrected chi connectivity index (χ4v) is 4.49. The molecule has 0 unspecified atom stereocenters. The smallest absolute Gasteiger partial charge is 0.324 e. The van der Waals surface area contributed by atoms with E-state index in [4.69, 9.17) is 0 Å². The second-order valence-corrected chi connectivity index (χ2v) is 7.52. The molecule has 3 aromatic rings. The largest absolute Gasteiger partial charge is 0.416 e. The summed E-state index contributed by atoms with van der Waals surface area (Å²) < 4.78 is 41.9. The van der Waals surface area contributed by atoms with Crippen molar-refractivity contribution in [2.75, 3.05) is 0 Å². The van der Waals surface area contributed by atoms with Crippen molar-refractivity contribution in [3.8, 4) is 11.5 Å². The van der Waals surface area contributed by atoms with E-state index >= 15 is 0 Å². The lowest BCUT2D eigenvalue weighted by molar-refractivity contribution is -0.138. The Morgan fingerprint density at radius 1 is 1.17 bits per heavy atom. The van der Waals surface area contributed by atoms with Crippen LogP contribution in [0.1, 0.15) is 46.2 Å². The summed E-state index contributed by atoms with van der Waals surface area (Å²) in [4.78, 5) is 23.3. The van der Waals surface area contributed by atoms with Gasteiger partial charge in [0.15, 0.2) is 11.6 Å². The van der Waals surface area contributed by atoms with Gasteiger partial charge in [0.2, 0.25) is 0 Å². The Bertz CT molecular complexity index is 1130. The van der Waals surface area contributed by atoms with E-state index in [0.29, 0.717) is 30.3 Å². The minimum absolute atomic E-state index is 0.0540. The predicted octanol–water partition coefficient (Wildman–Crippen LogP) is 3.42. The van der Waals surface area contributed by atoms with E-state index in [0.717, 1.165) is 12.5 Å². The molecule has 0 N–H and O–H groups in total. The van der Waals surface area contributed by atoms with Gasteiger partial charge in [0, 0.05) is 24.5 Å². The normalized spacial score (nSPS) is 20.3. The number of carbonyl (C=O) groups excluding carboxylic acids is 1. The van der Waals surface area contributed by atoms with Crippen LogP contribution in [0, 0.1) is 6.92 Å². The predicted molar refractivity (Wildman–Crippen MR) is 99.2 cm³/mol. The first-order valence-electron chi connectivity index (χ1n) is 9.55. The zero-order chi connectivity index (χ0) is 21.0. The summed E-state index contributed by atoms with van der Waals surface area (Å²) in [6, 6.07) is 3.26. The molecular weight excluding hydrogens is 397 g/mol. The molecule has 4 heterocycles. The zero-order valence-electron chi connectivity index (χ0n) is 16.0. The van der Waals surface area contributed by atoms with E-state index in [1.165, 1.54) is 19.1 Å². The average Bonchev–Trinajstić information content (AvgIpc) is 3.28. The van der Waals surface area contributed by atoms with Gasteiger partial charge in [0.25, 0.3) is 5.91 Å². The Balaban J connectivity index is 1.52. The fraction of sp³-hybridized carbons (Fsp3) is 0.350. The van der Waals surface area contributed by atoms with Gasteiger partial charge in [-0.05, 0) is 37.5 Å². The number of alkyl halides is 3. The fourth-order valence-electron chi connectivity index (χ4n) is 4.49. The van der Waals surface area contributed by atoms with Crippen molar-refractivity contribution in [3.63, 3.8) is 0 Å². The number of rotatable bonds is 2. The van der Waals surface area contributed by atoms with Gasteiger partial charge in [-0.1, -0.05) is 6.07 Å². The maximum Gasteiger partial charge on any atom is 0.416 e. The van der Waals surface area contributed by atoms with Gasteiger partial charge in [-0.3, -0.25) is 9.78 Å². The summed E-state index contributed by atoms with van der Waals surface area (Å²) in [5.41, 5.74) is -0.180. The Morgan fingerprint density at radius 3 is 2.73 bits per heavy atom. The van der Waals surface area contributed by atoms with E-state index in [1.807, 2.05) is 4.57 Å². The monoisotopic (exact) mass is 414 g/mol. The molecule has 2 aromatic heterocycles. The highest BCUT2D eigenvalue weighted by Crippen LogP contribution is 2.43. The van der Waals surface area contributed by atoms with Crippen LogP contribution in [0.15, 0.2) is 36.8 Å². The molecule has 0 aliphatic carbocycles. The minimum Gasteiger partial charge on any atom is -0.324 e. The maximum atomic E-state index is 13.3. The molecular formula is C20H17F3N6O. The lowest BCUT2D eigenvalue weighted by atomic mass is 10.00. The SMILES string of the molecule is Cc1c(C(=O)N2[C@@H]3CC[C@@H]2c2nnc(-c4cnccn4)n2C3)cccc1C(F)(F)F. The highest BCUT2D eigenvalue weighted by atomic mass is 19.4. The molecule has 7 nitrogen and oxygen atoms in total. The standard InChI is InChI=1S/C20H17F3N6O/c1-11-13(3-2-4-14(11)20(21,22)23)19(30)29-12-5-6-16(29)18-27-26-17(28(18)10-12)15-9-24-7-8-25-15/h2-4,7-9,12,16H,5-6,10H2,1H3/t12-,16-/m1/s1. The van der Waals surface area contributed by atoms with Crippen molar-refractivity contribution in [1.29, 1.82) is 0 Å². The van der Waals surface area contributed by atoms with Gasteiger partial charge in [-0.15, -0.1) is 10.2 Å². The molecule has 2 bridgehead atoms. The lowest BCUT2D eigenvalue weighted by Gasteiger charge is -2.35. The average molecular weight is 414 g/mol. The highest BCUT2D eigenvalue weighted by Gasteiger charge is 2.46. The van der Waals surface area contributed by atoms with Crippen LogP contribution < -0.4 is 0 Å². The number of hydrogen-bond donors (Lipinski definition) is 0. The topological polar surface area (TPSA) is 76.8 Å². The van der Waals surface area contributed by atoms with Gasteiger partial charge in [0.1, 0.15) is 5.69 Å². The molecule has 1 amide bonds. The van der Waals surface area contributed by atoms with Gasteiger partial charge >= 0.3 is 6.18 Å². The number of benzene rings is 1. The van der Waals surface area contributed by atoms with Crippen LogP contribution in [-0.4, -0.2) is 41.6 Å². The van der Waals surface area contributed by atoms with Crippen molar-refractivity contribution in [2.24, 2.45) is 0 Å². The Morgan fingerprint density at radius 2 is 2.00 bits per heavy atom. The molecule has 2 aliphatic rings. The Labute approximate surface area is 169 Å². The summed E-state index contributed by atoms with van der Waals surface area (Å²) in [7, 11) is 0. The van der Waals surface area contributed by atoms with Crippen molar-refractivity contribution in [3.05, 3.63) is 59.3 Å². The zero-order valence-corrected chi connectivity index (χ0v) is 16.0. The Hall–Kier alpha value is -3.30. The molecule has 154 valence electrons. The molecule has 1 fully saturated rings. The number of halogens is 3. The van der Waals surface area contributed by atoms with Gasteiger partial charge < -0.3 is 9.47 Å². The van der Waals surface area contributed by atoms with Crippen LogP contribution >= 0.6 is 0 Å². The highest BCUT2D eigenvalue weighted by molar-refractivity contribution is 5.96. The first-order chi connectivity index (χ1) is 14.4. The van der Waals surface area contributed by atoms with Crippen LogP contribution in [-0.2, 0) is 12.7 Å². The van der Waals surface area contributed by atoms with Crippen LogP contribution in [0.5, 0.6) is 0 Å². The summed E-state index contributed by atoms with van der Waals surface area (Å²) in [6.45, 7) is 1.81. The number of fused-ring (bicyclic) bond motifs is 4. The van der Waals surface area contributed by atoms with Crippen molar-refractivity contribution < 1.29 is 18.0 Å². The Kier molecular flexibility index (Phi) is 4.12. The number of aromatic nitrogens is 5. The molecule has 2 aliphatic heterocycles. The third-order valence-corrected chi connectivity index (χ3v) is 5.87. The molecule has 30 heavy (non-hydrogen) atoms. The molecule has 0 saturated carbocycles. The summed E-state index contributed by atoms with van der Waals surface area (Å²) in [5.74, 6) is 0.807. The van der Waals surface area contributed by atoms with E-state index < -0.39 is 17.6 Å². The minimum atomic E-state index is -4.51. The van der Waals surface area contributed by atoms with Crippen LogP contribution in [0.3, 0.4) is 0 Å². The van der Waals surface area contributed by atoms with Crippen molar-refractivity contribution >= 4 is 5.91 Å². The second kappa shape index (κ2) is 6.61. The third kappa shape index (κ3) is 2.78. The molecule has 1 aromatic carbocycles. The van der Waals surface area contributed by atoms with Crippen LogP contribution in [0.4, 0.5) is 13.2 Å². The summed E-state index contributed by atoms with van der Waals surface area (Å²) in [6.07, 6.45) is 1.67. The number of hydrogen-bond acceptors (Lipinski definition) is 5. The number of carbonyl (C=O) groups is 1. The van der Waals surface area contributed by atoms with Crippen LogP contribution in [0.2, 0.25) is 0 Å². The first kappa shape index (κ1) is 18.7.